The summed E-state index contributed by atoms with van der Waals surface area (Å²) in [5.74, 6) is 0.741. The molecule has 4 nitrogen and oxygen atoms in total. The lowest BCUT2D eigenvalue weighted by molar-refractivity contribution is 0.114. The molecule has 0 radical (unpaired) electrons. The highest BCUT2D eigenvalue weighted by Gasteiger charge is 2.18. The monoisotopic (exact) mass is 231 g/mol. The molecule has 4 heteroatoms. The summed E-state index contributed by atoms with van der Waals surface area (Å²) in [6.07, 6.45) is 2.31. The van der Waals surface area contributed by atoms with Gasteiger partial charge in [-0.15, -0.1) is 0 Å². The number of likely N-dealkylation sites (tertiary alicyclic amines) is 1. The maximum atomic E-state index is 8.89. The zero-order chi connectivity index (χ0) is 12.3. The second-order valence-corrected chi connectivity index (χ2v) is 4.48. The highest BCUT2D eigenvalue weighted by Crippen LogP contribution is 2.22. The van der Waals surface area contributed by atoms with Crippen LogP contribution in [0.15, 0.2) is 18.2 Å². The average molecular weight is 231 g/mol. The van der Waals surface area contributed by atoms with Crippen LogP contribution < -0.4 is 10.5 Å². The largest absolute Gasteiger partial charge is 0.490 e. The Kier molecular flexibility index (Phi) is 3.50. The van der Waals surface area contributed by atoms with Gasteiger partial charge in [0.1, 0.15) is 17.9 Å². The molecule has 0 atom stereocenters. The fourth-order valence-electron chi connectivity index (χ4n) is 2.00. The summed E-state index contributed by atoms with van der Waals surface area (Å²) in [6, 6.07) is 7.34. The molecule has 1 aromatic rings. The van der Waals surface area contributed by atoms with Gasteiger partial charge in [0.15, 0.2) is 0 Å². The third-order valence-corrected chi connectivity index (χ3v) is 3.11. The normalized spacial score (nSPS) is 17.6. The number of piperidine rings is 1. The van der Waals surface area contributed by atoms with Crippen LogP contribution in [0.4, 0.5) is 5.69 Å². The minimum atomic E-state index is 0.251. The maximum absolute atomic E-state index is 8.89. The Morgan fingerprint density at radius 1 is 1.41 bits per heavy atom. The lowest BCUT2D eigenvalue weighted by Gasteiger charge is -2.29. The summed E-state index contributed by atoms with van der Waals surface area (Å²) in [5.41, 5.74) is 6.65. The van der Waals surface area contributed by atoms with Gasteiger partial charge in [-0.3, -0.25) is 0 Å². The molecular weight excluding hydrogens is 214 g/mol. The van der Waals surface area contributed by atoms with E-state index in [4.69, 9.17) is 15.7 Å². The Hall–Kier alpha value is -1.73. The molecule has 0 amide bonds. The van der Waals surface area contributed by atoms with E-state index in [-0.39, 0.29) is 6.10 Å². The van der Waals surface area contributed by atoms with Crippen molar-refractivity contribution in [3.63, 3.8) is 0 Å². The van der Waals surface area contributed by atoms with Gasteiger partial charge in [-0.2, -0.15) is 5.26 Å². The van der Waals surface area contributed by atoms with Gasteiger partial charge in [0.25, 0.3) is 0 Å². The van der Waals surface area contributed by atoms with Crippen LogP contribution >= 0.6 is 0 Å². The van der Waals surface area contributed by atoms with E-state index in [1.54, 1.807) is 12.1 Å². The van der Waals surface area contributed by atoms with E-state index in [2.05, 4.69) is 18.0 Å². The Morgan fingerprint density at radius 3 is 2.76 bits per heavy atom. The van der Waals surface area contributed by atoms with E-state index in [1.165, 1.54) is 0 Å². The van der Waals surface area contributed by atoms with Crippen molar-refractivity contribution in [3.05, 3.63) is 23.8 Å². The van der Waals surface area contributed by atoms with Crippen LogP contribution in [-0.4, -0.2) is 31.1 Å². The lowest BCUT2D eigenvalue weighted by Crippen LogP contribution is -2.35. The van der Waals surface area contributed by atoms with E-state index in [0.29, 0.717) is 11.3 Å². The topological polar surface area (TPSA) is 62.3 Å². The smallest absolute Gasteiger partial charge is 0.121 e. The summed E-state index contributed by atoms with van der Waals surface area (Å²) in [5, 5.41) is 8.89. The molecule has 90 valence electrons. The van der Waals surface area contributed by atoms with Gasteiger partial charge >= 0.3 is 0 Å². The van der Waals surface area contributed by atoms with Crippen LogP contribution in [0.1, 0.15) is 18.4 Å². The first-order valence-electron chi connectivity index (χ1n) is 5.84. The standard InChI is InChI=1S/C13H17N3O/c1-16-6-4-11(5-7-16)17-12-2-3-13(15)10(8-12)9-14/h2-3,8,11H,4-7,15H2,1H3. The summed E-state index contributed by atoms with van der Waals surface area (Å²) in [6.45, 7) is 2.12. The van der Waals surface area contributed by atoms with Gasteiger partial charge in [-0.25, -0.2) is 0 Å². The SMILES string of the molecule is CN1CCC(Oc2ccc(N)c(C#N)c2)CC1. The van der Waals surface area contributed by atoms with E-state index in [1.807, 2.05) is 6.07 Å². The fourth-order valence-corrected chi connectivity index (χ4v) is 2.00. The molecule has 1 fully saturated rings. The van der Waals surface area contributed by atoms with Gasteiger partial charge in [0, 0.05) is 18.8 Å². The zero-order valence-corrected chi connectivity index (χ0v) is 10.0. The quantitative estimate of drug-likeness (QED) is 0.785. The number of nitrogens with zero attached hydrogens (tertiary/aromatic N) is 2. The van der Waals surface area contributed by atoms with Crippen molar-refractivity contribution < 1.29 is 4.74 Å². The zero-order valence-electron chi connectivity index (χ0n) is 10.0. The van der Waals surface area contributed by atoms with Crippen molar-refractivity contribution in [2.75, 3.05) is 25.9 Å². The first-order valence-corrected chi connectivity index (χ1v) is 5.84. The average Bonchev–Trinajstić information content (AvgIpc) is 2.34. The van der Waals surface area contributed by atoms with E-state index >= 15 is 0 Å². The van der Waals surface area contributed by atoms with Crippen molar-refractivity contribution in [3.8, 4) is 11.8 Å². The maximum Gasteiger partial charge on any atom is 0.121 e. The molecular formula is C13H17N3O. The molecule has 2 rings (SSSR count). The first kappa shape index (κ1) is 11.7. The van der Waals surface area contributed by atoms with Gasteiger partial charge in [0.2, 0.25) is 0 Å². The lowest BCUT2D eigenvalue weighted by atomic mass is 10.1. The van der Waals surface area contributed by atoms with Gasteiger partial charge < -0.3 is 15.4 Å². The molecule has 1 aliphatic heterocycles. The molecule has 17 heavy (non-hydrogen) atoms. The minimum Gasteiger partial charge on any atom is -0.490 e. The van der Waals surface area contributed by atoms with Crippen LogP contribution in [-0.2, 0) is 0 Å². The number of rotatable bonds is 2. The first-order chi connectivity index (χ1) is 8.19. The van der Waals surface area contributed by atoms with E-state index in [9.17, 15) is 0 Å². The molecule has 2 N–H and O–H groups in total. The van der Waals surface area contributed by atoms with Crippen LogP contribution in [0.3, 0.4) is 0 Å². The summed E-state index contributed by atoms with van der Waals surface area (Å²) < 4.78 is 5.87. The minimum absolute atomic E-state index is 0.251. The molecule has 0 bridgehead atoms. The molecule has 1 saturated heterocycles. The van der Waals surface area contributed by atoms with Crippen molar-refractivity contribution in [1.82, 2.24) is 4.90 Å². The van der Waals surface area contributed by atoms with E-state index in [0.717, 1.165) is 31.7 Å². The van der Waals surface area contributed by atoms with Gasteiger partial charge in [-0.1, -0.05) is 0 Å². The molecule has 0 unspecified atom stereocenters. The molecule has 1 aliphatic rings. The predicted octanol–water partition coefficient (Wildman–Crippen LogP) is 1.61. The summed E-state index contributed by atoms with van der Waals surface area (Å²) in [7, 11) is 2.12. The van der Waals surface area contributed by atoms with Crippen molar-refractivity contribution >= 4 is 5.69 Å². The summed E-state index contributed by atoms with van der Waals surface area (Å²) in [4.78, 5) is 2.30. The number of nitrogen functional groups attached to an aromatic ring is 1. The van der Waals surface area contributed by atoms with Crippen molar-refractivity contribution in [2.45, 2.75) is 18.9 Å². The molecule has 1 aromatic carbocycles. The fraction of sp³-hybridized carbons (Fsp3) is 0.462. The number of benzene rings is 1. The molecule has 0 spiro atoms. The number of anilines is 1. The number of nitriles is 1. The van der Waals surface area contributed by atoms with Gasteiger partial charge in [0.05, 0.1) is 5.56 Å². The van der Waals surface area contributed by atoms with Crippen LogP contribution in [0, 0.1) is 11.3 Å². The van der Waals surface area contributed by atoms with E-state index < -0.39 is 0 Å². The summed E-state index contributed by atoms with van der Waals surface area (Å²) >= 11 is 0. The Bertz CT molecular complexity index is 431. The molecule has 0 aliphatic carbocycles. The highest BCUT2D eigenvalue weighted by molar-refractivity contribution is 5.56. The predicted molar refractivity (Wildman–Crippen MR) is 66.7 cm³/mol. The second-order valence-electron chi connectivity index (χ2n) is 4.48. The highest BCUT2D eigenvalue weighted by atomic mass is 16.5. The molecule has 0 saturated carbocycles. The third-order valence-electron chi connectivity index (χ3n) is 3.11. The number of hydrogen-bond acceptors (Lipinski definition) is 4. The number of nitrogens with two attached hydrogens (primary N) is 1. The van der Waals surface area contributed by atoms with Crippen LogP contribution in [0.5, 0.6) is 5.75 Å². The van der Waals surface area contributed by atoms with Crippen molar-refractivity contribution in [2.24, 2.45) is 0 Å². The second kappa shape index (κ2) is 5.07. The number of ether oxygens (including phenoxy) is 1. The Morgan fingerprint density at radius 2 is 2.12 bits per heavy atom. The van der Waals surface area contributed by atoms with Crippen molar-refractivity contribution in [1.29, 1.82) is 5.26 Å². The molecule has 1 heterocycles. The van der Waals surface area contributed by atoms with Crippen LogP contribution in [0.2, 0.25) is 0 Å². The van der Waals surface area contributed by atoms with Gasteiger partial charge in [-0.05, 0) is 38.1 Å². The van der Waals surface area contributed by atoms with Crippen LogP contribution in [0.25, 0.3) is 0 Å². The third kappa shape index (κ3) is 2.89. The molecule has 0 aromatic heterocycles. The Labute approximate surface area is 102 Å². The Balaban J connectivity index is 2.02. The number of hydrogen-bond donors (Lipinski definition) is 1.